The highest BCUT2D eigenvalue weighted by Crippen LogP contribution is 2.45. The highest BCUT2D eigenvalue weighted by atomic mass is 35.5. The predicted molar refractivity (Wildman–Crippen MR) is 132 cm³/mol. The molecule has 1 fully saturated rings. The summed E-state index contributed by atoms with van der Waals surface area (Å²) in [5, 5.41) is 3.32. The van der Waals surface area contributed by atoms with Crippen molar-refractivity contribution in [2.75, 3.05) is 32.8 Å². The molecule has 34 heavy (non-hydrogen) atoms. The van der Waals surface area contributed by atoms with Crippen LogP contribution in [-0.2, 0) is 14.9 Å². The topological polar surface area (TPSA) is 90.9 Å². The molecule has 0 bridgehead atoms. The Morgan fingerprint density at radius 2 is 1.79 bits per heavy atom. The Kier molecular flexibility index (Phi) is 7.82. The van der Waals surface area contributed by atoms with E-state index in [0.29, 0.717) is 37.4 Å². The number of ether oxygens (including phenoxy) is 2. The van der Waals surface area contributed by atoms with E-state index in [1.54, 1.807) is 25.1 Å². The molecule has 2 aromatic rings. The lowest BCUT2D eigenvalue weighted by atomic mass is 10.1. The van der Waals surface area contributed by atoms with Crippen LogP contribution in [0.3, 0.4) is 0 Å². The second-order valence-electron chi connectivity index (χ2n) is 9.16. The Labute approximate surface area is 206 Å². The molecular formula is C24H32ClN2O6S+. The average Bonchev–Trinajstić information content (AvgIpc) is 2.74. The molecule has 1 saturated heterocycles. The van der Waals surface area contributed by atoms with Gasteiger partial charge in [0.1, 0.15) is 23.6 Å². The fraction of sp³-hybridized carbons (Fsp3) is 0.458. The molecule has 0 radical (unpaired) electrons. The van der Waals surface area contributed by atoms with E-state index in [9.17, 15) is 13.2 Å². The summed E-state index contributed by atoms with van der Waals surface area (Å²) in [5.41, 5.74) is 0.514. The van der Waals surface area contributed by atoms with Gasteiger partial charge in [0.15, 0.2) is 11.4 Å². The molecule has 3 rings (SSSR count). The summed E-state index contributed by atoms with van der Waals surface area (Å²) in [6.07, 6.45) is -0.430. The van der Waals surface area contributed by atoms with Crippen LogP contribution in [0.1, 0.15) is 33.3 Å². The maximum Gasteiger partial charge on any atom is 0.521 e. The SMILES string of the molecule is CCOc1c(OS(=O)(=O)c2ccccc2Cl)cc(C)cc1[N+]1(C(=O)OC(C)(C)C)CCNCC1. The van der Waals surface area contributed by atoms with Gasteiger partial charge in [-0.2, -0.15) is 17.7 Å². The van der Waals surface area contributed by atoms with Crippen molar-refractivity contribution in [3.8, 4) is 11.5 Å². The van der Waals surface area contributed by atoms with E-state index in [-0.39, 0.29) is 32.5 Å². The van der Waals surface area contributed by atoms with Crippen molar-refractivity contribution >= 4 is 33.5 Å². The third kappa shape index (κ3) is 5.66. The lowest BCUT2D eigenvalue weighted by molar-refractivity contribution is 0.0236. The van der Waals surface area contributed by atoms with Gasteiger partial charge in [0.2, 0.25) is 5.75 Å². The Balaban J connectivity index is 2.18. The number of amides is 1. The van der Waals surface area contributed by atoms with Crippen molar-refractivity contribution in [3.63, 3.8) is 0 Å². The molecule has 0 spiro atoms. The zero-order valence-electron chi connectivity index (χ0n) is 20.2. The smallest absolute Gasteiger partial charge is 0.485 e. The number of quaternary nitrogens is 1. The summed E-state index contributed by atoms with van der Waals surface area (Å²) in [6, 6.07) is 9.46. The maximum atomic E-state index is 13.6. The van der Waals surface area contributed by atoms with Gasteiger partial charge < -0.3 is 19.0 Å². The number of halogens is 1. The summed E-state index contributed by atoms with van der Waals surface area (Å²) in [5.74, 6) is 0.188. The fourth-order valence-electron chi connectivity index (χ4n) is 3.85. The monoisotopic (exact) mass is 511 g/mol. The maximum absolute atomic E-state index is 13.6. The van der Waals surface area contributed by atoms with Crippen LogP contribution in [0.5, 0.6) is 11.5 Å². The second kappa shape index (κ2) is 10.1. The van der Waals surface area contributed by atoms with Crippen LogP contribution in [0.15, 0.2) is 41.3 Å². The number of piperazine rings is 1. The molecule has 8 nitrogen and oxygen atoms in total. The number of carbonyl (C=O) groups excluding carboxylic acids is 1. The molecule has 1 heterocycles. The fourth-order valence-corrected chi connectivity index (χ4v) is 5.27. The van der Waals surface area contributed by atoms with E-state index < -0.39 is 21.8 Å². The third-order valence-electron chi connectivity index (χ3n) is 5.32. The molecule has 1 N–H and O–H groups in total. The zero-order valence-corrected chi connectivity index (χ0v) is 21.8. The normalized spacial score (nSPS) is 16.1. The van der Waals surface area contributed by atoms with Crippen LogP contribution in [0.25, 0.3) is 0 Å². The van der Waals surface area contributed by atoms with Gasteiger partial charge >= 0.3 is 16.2 Å². The first-order chi connectivity index (χ1) is 15.9. The van der Waals surface area contributed by atoms with E-state index in [2.05, 4.69) is 5.32 Å². The van der Waals surface area contributed by atoms with Crippen LogP contribution >= 0.6 is 11.6 Å². The van der Waals surface area contributed by atoms with E-state index >= 15 is 0 Å². The largest absolute Gasteiger partial charge is 0.521 e. The van der Waals surface area contributed by atoms with E-state index in [4.69, 9.17) is 25.3 Å². The van der Waals surface area contributed by atoms with Gasteiger partial charge in [0.25, 0.3) is 0 Å². The van der Waals surface area contributed by atoms with Crippen LogP contribution in [0, 0.1) is 6.92 Å². The molecule has 0 saturated carbocycles. The minimum atomic E-state index is -4.27. The Morgan fingerprint density at radius 1 is 1.15 bits per heavy atom. The summed E-state index contributed by atoms with van der Waals surface area (Å²) < 4.78 is 43.4. The number of nitrogens with zero attached hydrogens (tertiary/aromatic N) is 1. The zero-order chi connectivity index (χ0) is 25.1. The van der Waals surface area contributed by atoms with Crippen molar-refractivity contribution in [2.24, 2.45) is 0 Å². The number of benzene rings is 2. The number of aryl methyl sites for hydroxylation is 1. The Morgan fingerprint density at radius 3 is 2.38 bits per heavy atom. The predicted octanol–water partition coefficient (Wildman–Crippen LogP) is 4.66. The van der Waals surface area contributed by atoms with Crippen LogP contribution in [0.4, 0.5) is 10.5 Å². The molecule has 0 aromatic heterocycles. The highest BCUT2D eigenvalue weighted by Gasteiger charge is 2.47. The van der Waals surface area contributed by atoms with E-state index in [0.717, 1.165) is 0 Å². The quantitative estimate of drug-likeness (QED) is 0.445. The molecule has 1 aliphatic rings. The number of hydrogen-bond donors (Lipinski definition) is 1. The summed E-state index contributed by atoms with van der Waals surface area (Å²) >= 11 is 6.12. The van der Waals surface area contributed by atoms with Crippen LogP contribution in [0.2, 0.25) is 5.02 Å². The molecule has 0 aliphatic carbocycles. The average molecular weight is 512 g/mol. The van der Waals surface area contributed by atoms with Crippen molar-refractivity contribution in [2.45, 2.75) is 45.1 Å². The minimum Gasteiger partial charge on any atom is -0.485 e. The van der Waals surface area contributed by atoms with Gasteiger partial charge in [-0.05, 0) is 58.4 Å². The summed E-state index contributed by atoms with van der Waals surface area (Å²) in [4.78, 5) is 13.4. The van der Waals surface area contributed by atoms with Crippen molar-refractivity contribution in [3.05, 3.63) is 47.0 Å². The third-order valence-corrected chi connectivity index (χ3v) is 7.05. The molecule has 1 aliphatic heterocycles. The van der Waals surface area contributed by atoms with Crippen molar-refractivity contribution in [1.29, 1.82) is 0 Å². The van der Waals surface area contributed by atoms with Gasteiger partial charge in [0.05, 0.1) is 11.6 Å². The summed E-state index contributed by atoms with van der Waals surface area (Å²) in [6.45, 7) is 11.2. The van der Waals surface area contributed by atoms with E-state index in [1.807, 2.05) is 33.8 Å². The van der Waals surface area contributed by atoms with Gasteiger partial charge in [-0.1, -0.05) is 23.7 Å². The van der Waals surface area contributed by atoms with Crippen LogP contribution in [-0.4, -0.2) is 52.9 Å². The van der Waals surface area contributed by atoms with Crippen molar-refractivity contribution in [1.82, 2.24) is 9.80 Å². The minimum absolute atomic E-state index is 0.00337. The number of hydrogen-bond acceptors (Lipinski definition) is 7. The number of carbonyl (C=O) groups is 1. The Hall–Kier alpha value is -2.33. The molecule has 186 valence electrons. The van der Waals surface area contributed by atoms with Gasteiger partial charge in [0, 0.05) is 19.2 Å². The van der Waals surface area contributed by atoms with E-state index in [1.165, 1.54) is 12.1 Å². The lowest BCUT2D eigenvalue weighted by Crippen LogP contribution is -2.64. The Bertz CT molecular complexity index is 1150. The molecule has 10 heteroatoms. The standard InChI is InChI=1S/C24H32ClN2O6S/c1-6-31-22-19(27(13-11-26-12-14-27)23(28)32-24(3,4)5)15-17(2)16-20(22)33-34(29,30)21-10-8-7-9-18(21)25/h7-10,15-16,26H,6,11-14H2,1-5H3/q+1. The van der Waals surface area contributed by atoms with Gasteiger partial charge in [-0.3, -0.25) is 0 Å². The van der Waals surface area contributed by atoms with Crippen molar-refractivity contribution < 1.29 is 26.9 Å². The number of rotatable bonds is 6. The highest BCUT2D eigenvalue weighted by molar-refractivity contribution is 7.87. The first-order valence-electron chi connectivity index (χ1n) is 11.2. The van der Waals surface area contributed by atoms with Crippen LogP contribution < -0.4 is 18.7 Å². The first kappa shape index (κ1) is 26.3. The molecule has 2 aromatic carbocycles. The van der Waals surface area contributed by atoms with Gasteiger partial charge in [-0.15, -0.1) is 0 Å². The number of nitrogens with one attached hydrogen (secondary N) is 1. The lowest BCUT2D eigenvalue weighted by Gasteiger charge is -2.39. The molecule has 1 amide bonds. The first-order valence-corrected chi connectivity index (χ1v) is 13.0. The van der Waals surface area contributed by atoms with Gasteiger partial charge in [-0.25, -0.2) is 0 Å². The molecule has 0 atom stereocenters. The summed E-state index contributed by atoms with van der Waals surface area (Å²) in [7, 11) is -4.27. The second-order valence-corrected chi connectivity index (χ2v) is 11.1. The molecule has 0 unspecified atom stereocenters. The molecular weight excluding hydrogens is 480 g/mol.